The Bertz CT molecular complexity index is 304. The summed E-state index contributed by atoms with van der Waals surface area (Å²) < 4.78 is 0. The first kappa shape index (κ1) is 13.6. The number of nitrogens with two attached hydrogens (primary N) is 1. The van der Waals surface area contributed by atoms with Crippen molar-refractivity contribution >= 4 is 5.84 Å². The average molecular weight is 254 g/mol. The topological polar surface area (TPSA) is 65.1 Å². The normalized spacial score (nSPS) is 24.4. The Labute approximate surface area is 110 Å². The van der Waals surface area contributed by atoms with Gasteiger partial charge in [0.25, 0.3) is 0 Å². The summed E-state index contributed by atoms with van der Waals surface area (Å²) in [7, 11) is 0. The van der Waals surface area contributed by atoms with Crippen molar-refractivity contribution in [2.75, 3.05) is 32.7 Å². The zero-order chi connectivity index (χ0) is 13.2. The minimum absolute atomic E-state index is 0.220. The highest BCUT2D eigenvalue weighted by molar-refractivity contribution is 5.85. The fraction of sp³-hybridized carbons (Fsp3) is 0.923. The summed E-state index contributed by atoms with van der Waals surface area (Å²) in [5.74, 6) is 0.333. The lowest BCUT2D eigenvalue weighted by Gasteiger charge is -2.36. The second-order valence-electron chi connectivity index (χ2n) is 6.23. The number of piperazine rings is 1. The number of rotatable bonds is 5. The Morgan fingerprint density at radius 2 is 1.89 bits per heavy atom. The van der Waals surface area contributed by atoms with Gasteiger partial charge in [-0.05, 0) is 25.8 Å². The molecule has 0 bridgehead atoms. The van der Waals surface area contributed by atoms with Crippen molar-refractivity contribution in [2.24, 2.45) is 16.3 Å². The lowest BCUT2D eigenvalue weighted by atomic mass is 9.88. The molecule has 5 nitrogen and oxygen atoms in total. The summed E-state index contributed by atoms with van der Waals surface area (Å²) in [6.45, 7) is 9.81. The van der Waals surface area contributed by atoms with Gasteiger partial charge in [-0.25, -0.2) is 0 Å². The van der Waals surface area contributed by atoms with Crippen molar-refractivity contribution in [3.8, 4) is 0 Å². The lowest BCUT2D eigenvalue weighted by molar-refractivity contribution is 0.119. The van der Waals surface area contributed by atoms with Gasteiger partial charge in [0.05, 0.1) is 0 Å². The quantitative estimate of drug-likeness (QED) is 0.331. The fourth-order valence-corrected chi connectivity index (χ4v) is 2.49. The molecule has 0 aromatic rings. The molecule has 1 saturated heterocycles. The van der Waals surface area contributed by atoms with Crippen LogP contribution in [0, 0.1) is 5.41 Å². The molecule has 0 radical (unpaired) electrons. The smallest absolute Gasteiger partial charge is 0.144 e. The Kier molecular flexibility index (Phi) is 4.12. The van der Waals surface area contributed by atoms with Gasteiger partial charge < -0.3 is 15.8 Å². The van der Waals surface area contributed by atoms with Crippen molar-refractivity contribution in [2.45, 2.75) is 39.2 Å². The first-order chi connectivity index (χ1) is 8.53. The van der Waals surface area contributed by atoms with Crippen molar-refractivity contribution in [3.05, 3.63) is 0 Å². The van der Waals surface area contributed by atoms with Gasteiger partial charge in [-0.15, -0.1) is 0 Å². The van der Waals surface area contributed by atoms with Crippen molar-refractivity contribution in [1.29, 1.82) is 0 Å². The number of nitrogens with zero attached hydrogens (tertiary/aromatic N) is 3. The van der Waals surface area contributed by atoms with Crippen LogP contribution in [0.2, 0.25) is 0 Å². The molecule has 1 heterocycles. The Balaban J connectivity index is 1.71. The van der Waals surface area contributed by atoms with Crippen LogP contribution in [0.4, 0.5) is 0 Å². The van der Waals surface area contributed by atoms with E-state index in [2.05, 4.69) is 15.0 Å². The highest BCUT2D eigenvalue weighted by Crippen LogP contribution is 2.28. The van der Waals surface area contributed by atoms with Crippen LogP contribution >= 0.6 is 0 Å². The molecule has 3 N–H and O–H groups in total. The van der Waals surface area contributed by atoms with Crippen LogP contribution < -0.4 is 5.73 Å². The van der Waals surface area contributed by atoms with E-state index in [0.29, 0.717) is 5.84 Å². The van der Waals surface area contributed by atoms with Crippen LogP contribution in [0.5, 0.6) is 0 Å². The van der Waals surface area contributed by atoms with Gasteiger partial charge in [-0.1, -0.05) is 19.0 Å². The van der Waals surface area contributed by atoms with Crippen LogP contribution in [0.15, 0.2) is 5.16 Å². The third-order valence-electron chi connectivity index (χ3n) is 4.32. The maximum atomic E-state index is 8.75. The number of amidine groups is 1. The number of oxime groups is 1. The van der Waals surface area contributed by atoms with E-state index in [1.165, 1.54) is 25.9 Å². The van der Waals surface area contributed by atoms with E-state index < -0.39 is 0 Å². The van der Waals surface area contributed by atoms with Crippen LogP contribution in [0.1, 0.15) is 33.1 Å². The zero-order valence-electron chi connectivity index (χ0n) is 11.6. The third-order valence-corrected chi connectivity index (χ3v) is 4.32. The molecule has 0 spiro atoms. The van der Waals surface area contributed by atoms with E-state index in [9.17, 15) is 0 Å². The highest BCUT2D eigenvalue weighted by atomic mass is 16.4. The van der Waals surface area contributed by atoms with E-state index >= 15 is 0 Å². The largest absolute Gasteiger partial charge is 0.409 e. The molecule has 0 aromatic carbocycles. The summed E-state index contributed by atoms with van der Waals surface area (Å²) in [6.07, 6.45) is 3.74. The molecule has 1 aliphatic carbocycles. The van der Waals surface area contributed by atoms with Gasteiger partial charge in [-0.3, -0.25) is 4.90 Å². The molecule has 2 rings (SSSR count). The minimum Gasteiger partial charge on any atom is -0.409 e. The lowest BCUT2D eigenvalue weighted by Crippen LogP contribution is -2.48. The standard InChI is InChI=1S/C13H26N4O/c1-13(2,12(14)15-18)5-6-16-7-9-17(10-8-16)11-3-4-11/h11,18H,3-10H2,1-2H3,(H2,14,15). The van der Waals surface area contributed by atoms with Gasteiger partial charge in [0.15, 0.2) is 0 Å². The monoisotopic (exact) mass is 254 g/mol. The molecule has 5 heteroatoms. The maximum absolute atomic E-state index is 8.75. The van der Waals surface area contributed by atoms with Crippen LogP contribution in [-0.4, -0.2) is 59.6 Å². The fourth-order valence-electron chi connectivity index (χ4n) is 2.49. The van der Waals surface area contributed by atoms with E-state index in [1.807, 2.05) is 13.8 Å². The second kappa shape index (κ2) is 5.45. The molecule has 2 aliphatic rings. The minimum atomic E-state index is -0.220. The molecule has 1 aliphatic heterocycles. The zero-order valence-corrected chi connectivity index (χ0v) is 11.6. The van der Waals surface area contributed by atoms with Gasteiger partial charge in [0.1, 0.15) is 5.84 Å². The van der Waals surface area contributed by atoms with Crippen LogP contribution in [0.3, 0.4) is 0 Å². The predicted molar refractivity (Wildman–Crippen MR) is 72.8 cm³/mol. The van der Waals surface area contributed by atoms with Gasteiger partial charge in [0, 0.05) is 37.6 Å². The van der Waals surface area contributed by atoms with Crippen molar-refractivity contribution in [3.63, 3.8) is 0 Å². The summed E-state index contributed by atoms with van der Waals surface area (Å²) >= 11 is 0. The molecule has 18 heavy (non-hydrogen) atoms. The first-order valence-electron chi connectivity index (χ1n) is 6.97. The van der Waals surface area contributed by atoms with E-state index in [4.69, 9.17) is 10.9 Å². The van der Waals surface area contributed by atoms with Crippen molar-refractivity contribution < 1.29 is 5.21 Å². The molecular formula is C13H26N4O. The Morgan fingerprint density at radius 3 is 2.39 bits per heavy atom. The average Bonchev–Trinajstić information content (AvgIpc) is 3.20. The van der Waals surface area contributed by atoms with Gasteiger partial charge >= 0.3 is 0 Å². The molecule has 0 amide bonds. The molecule has 0 unspecified atom stereocenters. The van der Waals surface area contributed by atoms with Gasteiger partial charge in [0.2, 0.25) is 0 Å². The number of hydrogen-bond acceptors (Lipinski definition) is 4. The Morgan fingerprint density at radius 1 is 1.28 bits per heavy atom. The summed E-state index contributed by atoms with van der Waals surface area (Å²) in [4.78, 5) is 5.11. The summed E-state index contributed by atoms with van der Waals surface area (Å²) in [5.41, 5.74) is 5.49. The maximum Gasteiger partial charge on any atom is 0.144 e. The van der Waals surface area contributed by atoms with Crippen molar-refractivity contribution in [1.82, 2.24) is 9.80 Å². The Hall–Kier alpha value is -0.810. The molecule has 104 valence electrons. The SMILES string of the molecule is CC(C)(CCN1CCN(C2CC2)CC1)C(N)=NO. The second-order valence-corrected chi connectivity index (χ2v) is 6.23. The third kappa shape index (κ3) is 3.36. The van der Waals surface area contributed by atoms with E-state index in [0.717, 1.165) is 32.1 Å². The molecule has 0 aromatic heterocycles. The van der Waals surface area contributed by atoms with E-state index in [1.54, 1.807) is 0 Å². The summed E-state index contributed by atoms with van der Waals surface area (Å²) in [5, 5.41) is 11.9. The first-order valence-corrected chi connectivity index (χ1v) is 6.97. The number of hydrogen-bond donors (Lipinski definition) is 2. The van der Waals surface area contributed by atoms with Crippen LogP contribution in [-0.2, 0) is 0 Å². The van der Waals surface area contributed by atoms with Crippen LogP contribution in [0.25, 0.3) is 0 Å². The predicted octanol–water partition coefficient (Wildman–Crippen LogP) is 0.929. The highest BCUT2D eigenvalue weighted by Gasteiger charge is 2.31. The molecule has 2 fully saturated rings. The molecular weight excluding hydrogens is 228 g/mol. The molecule has 1 saturated carbocycles. The summed E-state index contributed by atoms with van der Waals surface area (Å²) in [6, 6.07) is 0.890. The van der Waals surface area contributed by atoms with Gasteiger partial charge in [-0.2, -0.15) is 0 Å². The molecule has 0 atom stereocenters. The van der Waals surface area contributed by atoms with E-state index in [-0.39, 0.29) is 5.41 Å².